The third-order valence-corrected chi connectivity index (χ3v) is 2.46. The first-order valence-corrected chi connectivity index (χ1v) is 4.44. The van der Waals surface area contributed by atoms with Crippen molar-refractivity contribution in [1.29, 1.82) is 0 Å². The molecule has 0 saturated carbocycles. The van der Waals surface area contributed by atoms with E-state index >= 15 is 0 Å². The van der Waals surface area contributed by atoms with Gasteiger partial charge in [0.2, 0.25) is 0 Å². The summed E-state index contributed by atoms with van der Waals surface area (Å²) in [6.07, 6.45) is 0.970. The minimum atomic E-state index is 0.970. The highest BCUT2D eigenvalue weighted by Crippen LogP contribution is 2.09. The number of fused-ring (bicyclic) bond motifs is 1. The Kier molecular flexibility index (Phi) is 1.81. The Morgan fingerprint density at radius 2 is 2.17 bits per heavy atom. The molecule has 0 bridgehead atoms. The lowest BCUT2D eigenvalue weighted by atomic mass is 10.3. The van der Waals surface area contributed by atoms with E-state index in [1.165, 1.54) is 0 Å². The van der Waals surface area contributed by atoms with Gasteiger partial charge < -0.3 is 0 Å². The van der Waals surface area contributed by atoms with Gasteiger partial charge in [-0.2, -0.15) is 3.97 Å². The smallest absolute Gasteiger partial charge is 0.240 e. The Hall–Kier alpha value is -0.960. The zero-order chi connectivity index (χ0) is 8.55. The number of benzene rings is 1. The summed E-state index contributed by atoms with van der Waals surface area (Å²) in [6, 6.07) is 8.15. The molecule has 1 heterocycles. The number of aromatic amines is 1. The van der Waals surface area contributed by atoms with E-state index in [2.05, 4.69) is 36.9 Å². The number of aryl methyl sites for hydroxylation is 1. The van der Waals surface area contributed by atoms with Crippen molar-refractivity contribution in [3.8, 4) is 0 Å². The molecule has 0 aliphatic heterocycles. The Labute approximate surface area is 76.8 Å². The van der Waals surface area contributed by atoms with Crippen molar-refractivity contribution in [2.75, 3.05) is 0 Å². The summed E-state index contributed by atoms with van der Waals surface area (Å²) < 4.78 is 1.90. The van der Waals surface area contributed by atoms with E-state index in [1.807, 2.05) is 16.1 Å². The molecule has 12 heavy (non-hydrogen) atoms. The fourth-order valence-electron chi connectivity index (χ4n) is 1.36. The number of H-pyrrole nitrogens is 1. The van der Waals surface area contributed by atoms with E-state index in [0.717, 1.165) is 23.3 Å². The quantitative estimate of drug-likeness (QED) is 0.491. The molecule has 0 spiro atoms. The molecule has 0 radical (unpaired) electrons. The van der Waals surface area contributed by atoms with Crippen molar-refractivity contribution >= 4 is 23.8 Å². The van der Waals surface area contributed by atoms with E-state index in [1.54, 1.807) is 0 Å². The number of aromatic nitrogens is 2. The number of nitrogens with zero attached hydrogens (tertiary/aromatic N) is 1. The third-order valence-electron chi connectivity index (χ3n) is 2.00. The van der Waals surface area contributed by atoms with Gasteiger partial charge in [-0.1, -0.05) is 19.1 Å². The minimum Gasteiger partial charge on any atom is -0.240 e. The van der Waals surface area contributed by atoms with Crippen LogP contribution in [0.3, 0.4) is 0 Å². The van der Waals surface area contributed by atoms with Gasteiger partial charge in [-0.15, -0.1) is 0 Å². The molecule has 2 nitrogen and oxygen atoms in total. The molecule has 0 fully saturated rings. The molecule has 0 unspecified atom stereocenters. The highest BCUT2D eigenvalue weighted by atomic mass is 32.1. The van der Waals surface area contributed by atoms with Gasteiger partial charge in [-0.25, -0.2) is 4.98 Å². The maximum atomic E-state index is 4.38. The average Bonchev–Trinajstić information content (AvgIpc) is 2.44. The zero-order valence-corrected chi connectivity index (χ0v) is 7.81. The van der Waals surface area contributed by atoms with Gasteiger partial charge in [0.15, 0.2) is 11.0 Å². The molecule has 2 aromatic rings. The van der Waals surface area contributed by atoms with Gasteiger partial charge >= 0.3 is 0 Å². The molecule has 1 N–H and O–H groups in total. The fourth-order valence-corrected chi connectivity index (χ4v) is 1.72. The number of imidazole rings is 1. The predicted octanol–water partition coefficient (Wildman–Crippen LogP) is 1.71. The number of nitrogens with one attached hydrogen (secondary N) is 1. The first kappa shape index (κ1) is 7.68. The lowest BCUT2D eigenvalue weighted by Gasteiger charge is -1.85. The van der Waals surface area contributed by atoms with Crippen LogP contribution in [0.25, 0.3) is 11.0 Å². The van der Waals surface area contributed by atoms with Crippen LogP contribution >= 0.6 is 12.8 Å². The second-order valence-corrected chi connectivity index (χ2v) is 3.15. The van der Waals surface area contributed by atoms with Crippen molar-refractivity contribution in [2.24, 2.45) is 0 Å². The van der Waals surface area contributed by atoms with Crippen molar-refractivity contribution in [3.63, 3.8) is 0 Å². The highest BCUT2D eigenvalue weighted by Gasteiger charge is 2.12. The second-order valence-electron chi connectivity index (χ2n) is 2.75. The summed E-state index contributed by atoms with van der Waals surface area (Å²) in [4.78, 5) is 3.30. The zero-order valence-electron chi connectivity index (χ0n) is 6.91. The highest BCUT2D eigenvalue weighted by molar-refractivity contribution is 7.73. The topological polar surface area (TPSA) is 19.7 Å². The summed E-state index contributed by atoms with van der Waals surface area (Å²) >= 11 is 4.38. The van der Waals surface area contributed by atoms with Crippen LogP contribution in [0.2, 0.25) is 0 Å². The number of thiol groups is 1. The molecular formula is C9H11N2S+. The SMILES string of the molecule is CCc1[nH]c2ccccc2[n+]1S. The third kappa shape index (κ3) is 1.01. The van der Waals surface area contributed by atoms with Crippen LogP contribution in [-0.2, 0) is 6.42 Å². The van der Waals surface area contributed by atoms with E-state index < -0.39 is 0 Å². The number of para-hydroxylation sites is 2. The standard InChI is InChI=1S/C9H10N2S/c1-2-9-10-7-5-3-4-6-8(7)11(9)12/h3-6,12H,2H2,1H3/p+1. The summed E-state index contributed by atoms with van der Waals surface area (Å²) in [5, 5.41) is 0. The molecule has 0 aliphatic rings. The van der Waals surface area contributed by atoms with Crippen LogP contribution in [0.15, 0.2) is 24.3 Å². The van der Waals surface area contributed by atoms with Crippen LogP contribution in [0, 0.1) is 0 Å². The second kappa shape index (κ2) is 2.83. The summed E-state index contributed by atoms with van der Waals surface area (Å²) in [7, 11) is 0. The van der Waals surface area contributed by atoms with Crippen molar-refractivity contribution < 1.29 is 3.97 Å². The first-order chi connectivity index (χ1) is 5.83. The van der Waals surface area contributed by atoms with Crippen molar-refractivity contribution in [1.82, 2.24) is 4.98 Å². The average molecular weight is 179 g/mol. The number of rotatable bonds is 1. The maximum Gasteiger partial charge on any atom is 0.266 e. The van der Waals surface area contributed by atoms with Crippen LogP contribution in [-0.4, -0.2) is 4.98 Å². The Morgan fingerprint density at radius 3 is 2.83 bits per heavy atom. The molecule has 3 heteroatoms. The fraction of sp³-hybridized carbons (Fsp3) is 0.222. The monoisotopic (exact) mass is 179 g/mol. The molecule has 0 saturated heterocycles. The largest absolute Gasteiger partial charge is 0.266 e. The van der Waals surface area contributed by atoms with E-state index in [4.69, 9.17) is 0 Å². The van der Waals surface area contributed by atoms with Crippen LogP contribution in [0.1, 0.15) is 12.7 Å². The predicted molar refractivity (Wildman–Crippen MR) is 52.3 cm³/mol. The molecule has 62 valence electrons. The van der Waals surface area contributed by atoms with Crippen molar-refractivity contribution in [2.45, 2.75) is 13.3 Å². The maximum absolute atomic E-state index is 4.38. The van der Waals surface area contributed by atoms with E-state index in [0.29, 0.717) is 0 Å². The van der Waals surface area contributed by atoms with E-state index in [9.17, 15) is 0 Å². The van der Waals surface area contributed by atoms with Gasteiger partial charge in [0.25, 0.3) is 5.82 Å². The summed E-state index contributed by atoms with van der Waals surface area (Å²) in [6.45, 7) is 2.11. The molecule has 0 amide bonds. The van der Waals surface area contributed by atoms with Crippen LogP contribution in [0.4, 0.5) is 0 Å². The first-order valence-electron chi connectivity index (χ1n) is 4.04. The molecule has 0 aliphatic carbocycles. The molecule has 1 aromatic carbocycles. The molecule has 1 aromatic heterocycles. The van der Waals surface area contributed by atoms with Gasteiger partial charge in [0, 0.05) is 19.2 Å². The Balaban J connectivity index is 2.78. The Morgan fingerprint density at radius 1 is 1.42 bits per heavy atom. The minimum absolute atomic E-state index is 0.970. The summed E-state index contributed by atoms with van der Waals surface area (Å²) in [5.41, 5.74) is 2.28. The lowest BCUT2D eigenvalue weighted by Crippen LogP contribution is -2.23. The van der Waals surface area contributed by atoms with Gasteiger partial charge in [-0.3, -0.25) is 0 Å². The van der Waals surface area contributed by atoms with Gasteiger partial charge in [0.1, 0.15) is 0 Å². The number of hydrogen-bond donors (Lipinski definition) is 2. The molecule has 0 atom stereocenters. The molecule has 2 rings (SSSR count). The normalized spacial score (nSPS) is 10.8. The van der Waals surface area contributed by atoms with Gasteiger partial charge in [0.05, 0.1) is 0 Å². The van der Waals surface area contributed by atoms with Crippen LogP contribution < -0.4 is 3.97 Å². The van der Waals surface area contributed by atoms with Crippen LogP contribution in [0.5, 0.6) is 0 Å². The number of hydrogen-bond acceptors (Lipinski definition) is 1. The molecular weight excluding hydrogens is 168 g/mol. The van der Waals surface area contributed by atoms with E-state index in [-0.39, 0.29) is 0 Å². The summed E-state index contributed by atoms with van der Waals surface area (Å²) in [5.74, 6) is 1.14. The van der Waals surface area contributed by atoms with Gasteiger partial charge in [-0.05, 0) is 12.1 Å². The van der Waals surface area contributed by atoms with Crippen molar-refractivity contribution in [3.05, 3.63) is 30.1 Å². The lowest BCUT2D eigenvalue weighted by molar-refractivity contribution is -0.468. The Bertz CT molecular complexity index is 406.